The Kier molecular flexibility index (Phi) is 4.61. The highest BCUT2D eigenvalue weighted by molar-refractivity contribution is 5.96. The smallest absolute Gasteiger partial charge is 0.250 e. The molecule has 2 aromatic heterocycles. The molecule has 0 bridgehead atoms. The molecule has 1 N–H and O–H groups in total. The normalized spacial score (nSPS) is 11.0. The van der Waals surface area contributed by atoms with E-state index in [-0.39, 0.29) is 5.91 Å². The average Bonchev–Trinajstić information content (AvgIpc) is 2.96. The molecule has 0 atom stereocenters. The molecular weight excluding hydrogens is 350 g/mol. The van der Waals surface area contributed by atoms with Crippen molar-refractivity contribution >= 4 is 22.4 Å². The van der Waals surface area contributed by atoms with Crippen molar-refractivity contribution in [3.8, 4) is 5.95 Å². The number of nitrogens with one attached hydrogen (secondary N) is 1. The standard InChI is InChI=1S/C22H21N5O/c1-14-15(2)26-27(16(14)3)22-23-12-19(13-24-22)25-21(28)11-18-9-6-8-17-7-4-5-10-20(17)18/h4-10,12-13H,11H2,1-3H3,(H,25,28). The van der Waals surface area contributed by atoms with Crippen molar-refractivity contribution in [1.29, 1.82) is 0 Å². The van der Waals surface area contributed by atoms with Gasteiger partial charge in [-0.3, -0.25) is 4.79 Å². The summed E-state index contributed by atoms with van der Waals surface area (Å²) < 4.78 is 1.71. The molecule has 0 fully saturated rings. The van der Waals surface area contributed by atoms with Gasteiger partial charge in [0.05, 0.1) is 30.2 Å². The van der Waals surface area contributed by atoms with Gasteiger partial charge in [-0.2, -0.15) is 5.10 Å². The molecular formula is C22H21N5O. The van der Waals surface area contributed by atoms with Gasteiger partial charge in [0.25, 0.3) is 5.95 Å². The Morgan fingerprint density at radius 3 is 2.43 bits per heavy atom. The van der Waals surface area contributed by atoms with Crippen LogP contribution in [0.4, 0.5) is 5.69 Å². The molecule has 28 heavy (non-hydrogen) atoms. The van der Waals surface area contributed by atoms with Crippen LogP contribution >= 0.6 is 0 Å². The van der Waals surface area contributed by atoms with Gasteiger partial charge >= 0.3 is 0 Å². The fourth-order valence-electron chi connectivity index (χ4n) is 3.24. The van der Waals surface area contributed by atoms with E-state index in [0.29, 0.717) is 18.1 Å². The summed E-state index contributed by atoms with van der Waals surface area (Å²) in [6, 6.07) is 14.1. The second-order valence-electron chi connectivity index (χ2n) is 6.84. The number of aromatic nitrogens is 4. The molecule has 4 rings (SSSR count). The van der Waals surface area contributed by atoms with Crippen LogP contribution in [0.5, 0.6) is 0 Å². The molecule has 2 heterocycles. The van der Waals surface area contributed by atoms with E-state index < -0.39 is 0 Å². The zero-order chi connectivity index (χ0) is 19.7. The van der Waals surface area contributed by atoms with Gasteiger partial charge in [0.2, 0.25) is 5.91 Å². The molecule has 2 aromatic carbocycles. The number of anilines is 1. The first-order valence-electron chi connectivity index (χ1n) is 9.14. The SMILES string of the molecule is Cc1nn(-c2ncc(NC(=O)Cc3cccc4ccccc34)cn2)c(C)c1C. The first kappa shape index (κ1) is 17.9. The van der Waals surface area contributed by atoms with Gasteiger partial charge in [-0.05, 0) is 42.7 Å². The number of carbonyl (C=O) groups is 1. The lowest BCUT2D eigenvalue weighted by Crippen LogP contribution is -2.15. The number of hydrogen-bond donors (Lipinski definition) is 1. The molecule has 0 aliphatic rings. The predicted octanol–water partition coefficient (Wildman–Crippen LogP) is 3.92. The Labute approximate surface area is 163 Å². The van der Waals surface area contributed by atoms with Crippen molar-refractivity contribution in [3.63, 3.8) is 0 Å². The number of rotatable bonds is 4. The van der Waals surface area contributed by atoms with Crippen LogP contribution < -0.4 is 5.32 Å². The highest BCUT2D eigenvalue weighted by Gasteiger charge is 2.12. The summed E-state index contributed by atoms with van der Waals surface area (Å²) in [7, 11) is 0. The zero-order valence-corrected chi connectivity index (χ0v) is 16.1. The van der Waals surface area contributed by atoms with E-state index in [2.05, 4.69) is 20.4 Å². The van der Waals surface area contributed by atoms with Crippen molar-refractivity contribution in [2.24, 2.45) is 0 Å². The van der Waals surface area contributed by atoms with E-state index >= 15 is 0 Å². The van der Waals surface area contributed by atoms with Gasteiger partial charge < -0.3 is 5.32 Å². The molecule has 140 valence electrons. The summed E-state index contributed by atoms with van der Waals surface area (Å²) in [5.41, 5.74) is 4.63. The largest absolute Gasteiger partial charge is 0.323 e. The lowest BCUT2D eigenvalue weighted by molar-refractivity contribution is -0.115. The fourth-order valence-corrected chi connectivity index (χ4v) is 3.24. The minimum Gasteiger partial charge on any atom is -0.323 e. The first-order valence-corrected chi connectivity index (χ1v) is 9.14. The number of nitrogens with zero attached hydrogens (tertiary/aromatic N) is 4. The predicted molar refractivity (Wildman–Crippen MR) is 110 cm³/mol. The molecule has 1 amide bonds. The molecule has 0 aliphatic carbocycles. The Bertz CT molecular complexity index is 1160. The topological polar surface area (TPSA) is 72.7 Å². The Balaban J connectivity index is 1.50. The molecule has 0 spiro atoms. The van der Waals surface area contributed by atoms with Crippen molar-refractivity contribution in [2.45, 2.75) is 27.2 Å². The van der Waals surface area contributed by atoms with Crippen LogP contribution in [0.25, 0.3) is 16.7 Å². The number of carbonyl (C=O) groups excluding carboxylic acids is 1. The Hall–Kier alpha value is -3.54. The maximum atomic E-state index is 12.5. The Morgan fingerprint density at radius 2 is 1.71 bits per heavy atom. The number of aryl methyl sites for hydroxylation is 1. The number of benzene rings is 2. The van der Waals surface area contributed by atoms with Crippen LogP contribution in [0.15, 0.2) is 54.9 Å². The van der Waals surface area contributed by atoms with E-state index in [4.69, 9.17) is 0 Å². The molecule has 0 radical (unpaired) electrons. The molecule has 6 nitrogen and oxygen atoms in total. The quantitative estimate of drug-likeness (QED) is 0.590. The zero-order valence-electron chi connectivity index (χ0n) is 16.1. The highest BCUT2D eigenvalue weighted by Crippen LogP contribution is 2.19. The maximum Gasteiger partial charge on any atom is 0.250 e. The number of hydrogen-bond acceptors (Lipinski definition) is 4. The molecule has 4 aromatic rings. The second-order valence-corrected chi connectivity index (χ2v) is 6.84. The maximum absolute atomic E-state index is 12.5. The van der Waals surface area contributed by atoms with Gasteiger partial charge in [-0.1, -0.05) is 42.5 Å². The third-order valence-electron chi connectivity index (χ3n) is 5.00. The summed E-state index contributed by atoms with van der Waals surface area (Å²) in [4.78, 5) is 21.2. The molecule has 6 heteroatoms. The van der Waals surface area contributed by atoms with E-state index in [1.54, 1.807) is 17.1 Å². The van der Waals surface area contributed by atoms with Crippen LogP contribution in [-0.4, -0.2) is 25.7 Å². The van der Waals surface area contributed by atoms with Gasteiger partial charge in [-0.15, -0.1) is 0 Å². The van der Waals surface area contributed by atoms with Crippen molar-refractivity contribution in [2.75, 3.05) is 5.32 Å². The third kappa shape index (κ3) is 3.36. The summed E-state index contributed by atoms with van der Waals surface area (Å²) >= 11 is 0. The minimum atomic E-state index is -0.102. The van der Waals surface area contributed by atoms with Crippen molar-refractivity contribution < 1.29 is 4.79 Å². The molecule has 0 aliphatic heterocycles. The lowest BCUT2D eigenvalue weighted by atomic mass is 10.0. The van der Waals surface area contributed by atoms with E-state index in [9.17, 15) is 4.79 Å². The minimum absolute atomic E-state index is 0.102. The van der Waals surface area contributed by atoms with Gasteiger partial charge in [-0.25, -0.2) is 14.6 Å². The summed E-state index contributed by atoms with van der Waals surface area (Å²) in [5, 5.41) is 9.55. The summed E-state index contributed by atoms with van der Waals surface area (Å²) in [6.07, 6.45) is 3.50. The number of amides is 1. The van der Waals surface area contributed by atoms with Crippen LogP contribution in [0, 0.1) is 20.8 Å². The summed E-state index contributed by atoms with van der Waals surface area (Å²) in [6.45, 7) is 5.97. The van der Waals surface area contributed by atoms with Gasteiger partial charge in [0.15, 0.2) is 0 Å². The number of fused-ring (bicyclic) bond motifs is 1. The molecule has 0 unspecified atom stereocenters. The first-order chi connectivity index (χ1) is 13.5. The third-order valence-corrected chi connectivity index (χ3v) is 5.00. The van der Waals surface area contributed by atoms with Crippen molar-refractivity contribution in [3.05, 3.63) is 77.4 Å². The van der Waals surface area contributed by atoms with E-state index in [1.807, 2.05) is 63.2 Å². The van der Waals surface area contributed by atoms with Crippen molar-refractivity contribution in [1.82, 2.24) is 19.7 Å². The fraction of sp³-hybridized carbons (Fsp3) is 0.182. The van der Waals surface area contributed by atoms with E-state index in [1.165, 1.54) is 0 Å². The lowest BCUT2D eigenvalue weighted by Gasteiger charge is -2.08. The van der Waals surface area contributed by atoms with Crippen LogP contribution in [0.1, 0.15) is 22.5 Å². The monoisotopic (exact) mass is 371 g/mol. The average molecular weight is 371 g/mol. The Morgan fingerprint density at radius 1 is 1.00 bits per heavy atom. The second kappa shape index (κ2) is 7.23. The van der Waals surface area contributed by atoms with Gasteiger partial charge in [0.1, 0.15) is 0 Å². The highest BCUT2D eigenvalue weighted by atomic mass is 16.1. The van der Waals surface area contributed by atoms with Crippen LogP contribution in [-0.2, 0) is 11.2 Å². The molecule has 0 saturated heterocycles. The van der Waals surface area contributed by atoms with E-state index in [0.717, 1.165) is 33.3 Å². The van der Waals surface area contributed by atoms with Crippen LogP contribution in [0.3, 0.4) is 0 Å². The summed E-state index contributed by atoms with van der Waals surface area (Å²) in [5.74, 6) is 0.385. The van der Waals surface area contributed by atoms with Gasteiger partial charge in [0, 0.05) is 5.69 Å². The molecule has 0 saturated carbocycles. The van der Waals surface area contributed by atoms with Crippen LogP contribution in [0.2, 0.25) is 0 Å².